The molecule has 0 aromatic heterocycles. The second kappa shape index (κ2) is 4.72. The van der Waals surface area contributed by atoms with Crippen molar-refractivity contribution in [1.82, 2.24) is 5.32 Å². The first-order valence-corrected chi connectivity index (χ1v) is 4.84. The maximum absolute atomic E-state index is 11.1. The van der Waals surface area contributed by atoms with Crippen LogP contribution < -0.4 is 5.32 Å². The number of esters is 1. The van der Waals surface area contributed by atoms with Crippen LogP contribution >= 0.6 is 0 Å². The van der Waals surface area contributed by atoms with Gasteiger partial charge in [0.15, 0.2) is 0 Å². The van der Waals surface area contributed by atoms with Crippen molar-refractivity contribution in [2.45, 2.75) is 44.6 Å². The van der Waals surface area contributed by atoms with E-state index in [4.69, 9.17) is 4.74 Å². The van der Waals surface area contributed by atoms with Crippen molar-refractivity contribution >= 4 is 5.97 Å². The molecule has 0 unspecified atom stereocenters. The smallest absolute Gasteiger partial charge is 0.307 e. The monoisotopic (exact) mass is 203 g/mol. The van der Waals surface area contributed by atoms with Crippen LogP contribution in [0, 0.1) is 0 Å². The highest BCUT2D eigenvalue weighted by atomic mass is 16.5. The van der Waals surface area contributed by atoms with E-state index in [0.29, 0.717) is 6.61 Å². The van der Waals surface area contributed by atoms with E-state index in [-0.39, 0.29) is 18.4 Å². The Morgan fingerprint density at radius 2 is 2.07 bits per heavy atom. The third kappa shape index (κ3) is 2.43. The van der Waals surface area contributed by atoms with Gasteiger partial charge in [0.25, 0.3) is 0 Å². The topological polar surface area (TPSA) is 78.8 Å². The van der Waals surface area contributed by atoms with E-state index < -0.39 is 18.2 Å². The summed E-state index contributed by atoms with van der Waals surface area (Å²) in [4.78, 5) is 11.1. The maximum atomic E-state index is 11.1. The molecule has 0 saturated carbocycles. The van der Waals surface area contributed by atoms with Gasteiger partial charge in [0.1, 0.15) is 0 Å². The molecule has 0 aromatic rings. The van der Waals surface area contributed by atoms with E-state index in [1.165, 1.54) is 0 Å². The number of carbonyl (C=O) groups excluding carboxylic acids is 1. The molecule has 1 aliphatic rings. The van der Waals surface area contributed by atoms with E-state index in [0.717, 1.165) is 0 Å². The molecule has 0 amide bonds. The van der Waals surface area contributed by atoms with Crippen LogP contribution in [0.4, 0.5) is 0 Å². The lowest BCUT2D eigenvalue weighted by atomic mass is 10.1. The van der Waals surface area contributed by atoms with Crippen LogP contribution in [0.15, 0.2) is 0 Å². The molecule has 1 heterocycles. The third-order valence-corrected chi connectivity index (χ3v) is 2.44. The lowest BCUT2D eigenvalue weighted by Crippen LogP contribution is -2.35. The summed E-state index contributed by atoms with van der Waals surface area (Å²) >= 11 is 0. The van der Waals surface area contributed by atoms with Crippen molar-refractivity contribution in [3.05, 3.63) is 0 Å². The minimum atomic E-state index is -0.894. The summed E-state index contributed by atoms with van der Waals surface area (Å²) in [5.74, 6) is -0.356. The van der Waals surface area contributed by atoms with E-state index in [1.807, 2.05) is 0 Å². The summed E-state index contributed by atoms with van der Waals surface area (Å²) in [6.07, 6.45) is -1.61. The predicted molar refractivity (Wildman–Crippen MR) is 49.6 cm³/mol. The number of rotatable bonds is 3. The standard InChI is InChI=1S/C9H17NO4/c1-3-14-7(11)4-6-9(13)8(12)5(2)10-6/h5-6,8-10,12-13H,3-4H2,1-2H3/t5-,6-,8+,9-/m0/s1. The van der Waals surface area contributed by atoms with Gasteiger partial charge >= 0.3 is 5.97 Å². The number of ether oxygens (including phenoxy) is 1. The summed E-state index contributed by atoms with van der Waals surface area (Å²) < 4.78 is 4.75. The molecular weight excluding hydrogens is 186 g/mol. The molecule has 0 aliphatic carbocycles. The minimum absolute atomic E-state index is 0.0937. The second-order valence-corrected chi connectivity index (χ2v) is 3.55. The highest BCUT2D eigenvalue weighted by molar-refractivity contribution is 5.70. The van der Waals surface area contributed by atoms with Gasteiger partial charge in [-0.3, -0.25) is 4.79 Å². The van der Waals surface area contributed by atoms with Gasteiger partial charge in [-0.15, -0.1) is 0 Å². The van der Waals surface area contributed by atoms with Gasteiger partial charge in [-0.25, -0.2) is 0 Å². The quantitative estimate of drug-likeness (QED) is 0.514. The molecule has 14 heavy (non-hydrogen) atoms. The number of carbonyl (C=O) groups is 1. The van der Waals surface area contributed by atoms with Gasteiger partial charge in [0.05, 0.1) is 25.2 Å². The molecule has 0 spiro atoms. The van der Waals surface area contributed by atoms with Gasteiger partial charge in [0, 0.05) is 12.1 Å². The Balaban J connectivity index is 2.43. The van der Waals surface area contributed by atoms with Crippen LogP contribution in [-0.4, -0.2) is 47.1 Å². The summed E-state index contributed by atoms with van der Waals surface area (Å²) in [5, 5.41) is 21.9. The van der Waals surface area contributed by atoms with Crippen molar-refractivity contribution in [2.75, 3.05) is 6.61 Å². The van der Waals surface area contributed by atoms with Crippen LogP contribution in [0.3, 0.4) is 0 Å². The molecule has 1 rings (SSSR count). The molecule has 5 heteroatoms. The van der Waals surface area contributed by atoms with E-state index in [9.17, 15) is 15.0 Å². The van der Waals surface area contributed by atoms with Crippen molar-refractivity contribution in [2.24, 2.45) is 0 Å². The molecule has 1 aliphatic heterocycles. The van der Waals surface area contributed by atoms with Gasteiger partial charge < -0.3 is 20.3 Å². The largest absolute Gasteiger partial charge is 0.466 e. The number of hydrogen-bond acceptors (Lipinski definition) is 5. The zero-order valence-corrected chi connectivity index (χ0v) is 8.43. The minimum Gasteiger partial charge on any atom is -0.466 e. The van der Waals surface area contributed by atoms with Crippen LogP contribution in [-0.2, 0) is 9.53 Å². The van der Waals surface area contributed by atoms with Gasteiger partial charge in [-0.2, -0.15) is 0 Å². The number of aliphatic hydroxyl groups excluding tert-OH is 2. The zero-order valence-electron chi connectivity index (χ0n) is 8.43. The average Bonchev–Trinajstić information content (AvgIpc) is 2.34. The Hall–Kier alpha value is -0.650. The fraction of sp³-hybridized carbons (Fsp3) is 0.889. The number of aliphatic hydroxyl groups is 2. The summed E-state index contributed by atoms with van der Waals surface area (Å²) in [5.41, 5.74) is 0. The van der Waals surface area contributed by atoms with E-state index in [2.05, 4.69) is 5.32 Å². The third-order valence-electron chi connectivity index (χ3n) is 2.44. The number of hydrogen-bond donors (Lipinski definition) is 3. The molecule has 0 radical (unpaired) electrons. The molecule has 82 valence electrons. The second-order valence-electron chi connectivity index (χ2n) is 3.55. The van der Waals surface area contributed by atoms with Gasteiger partial charge in [-0.1, -0.05) is 0 Å². The fourth-order valence-electron chi connectivity index (χ4n) is 1.65. The van der Waals surface area contributed by atoms with E-state index in [1.54, 1.807) is 13.8 Å². The molecule has 3 N–H and O–H groups in total. The lowest BCUT2D eigenvalue weighted by molar-refractivity contribution is -0.144. The van der Waals surface area contributed by atoms with Crippen molar-refractivity contribution in [3.63, 3.8) is 0 Å². The molecule has 5 nitrogen and oxygen atoms in total. The Morgan fingerprint density at radius 3 is 2.50 bits per heavy atom. The van der Waals surface area contributed by atoms with Crippen molar-refractivity contribution < 1.29 is 19.7 Å². The van der Waals surface area contributed by atoms with Crippen LogP contribution in [0.2, 0.25) is 0 Å². The normalized spacial score (nSPS) is 37.1. The molecule has 4 atom stereocenters. The van der Waals surface area contributed by atoms with Crippen molar-refractivity contribution in [3.8, 4) is 0 Å². The molecule has 1 fully saturated rings. The molecule has 1 saturated heterocycles. The Kier molecular flexibility index (Phi) is 3.86. The lowest BCUT2D eigenvalue weighted by Gasteiger charge is -2.14. The first-order chi connectivity index (χ1) is 6.56. The van der Waals surface area contributed by atoms with Crippen LogP contribution in [0.5, 0.6) is 0 Å². The maximum Gasteiger partial charge on any atom is 0.307 e. The average molecular weight is 203 g/mol. The molecule has 0 bridgehead atoms. The highest BCUT2D eigenvalue weighted by Gasteiger charge is 2.39. The summed E-state index contributed by atoms with van der Waals surface area (Å²) in [6, 6.07) is -0.594. The summed E-state index contributed by atoms with van der Waals surface area (Å²) in [6.45, 7) is 3.83. The Morgan fingerprint density at radius 1 is 1.43 bits per heavy atom. The number of nitrogens with one attached hydrogen (secondary N) is 1. The SMILES string of the molecule is CCOC(=O)C[C@@H]1N[C@@H](C)[C@@H](O)[C@H]1O. The van der Waals surface area contributed by atoms with Crippen LogP contribution in [0.1, 0.15) is 20.3 Å². The zero-order chi connectivity index (χ0) is 10.7. The Labute approximate surface area is 83.1 Å². The predicted octanol–water partition coefficient (Wildman–Crippen LogP) is -0.978. The van der Waals surface area contributed by atoms with E-state index >= 15 is 0 Å². The summed E-state index contributed by atoms with van der Waals surface area (Å²) in [7, 11) is 0. The fourth-order valence-corrected chi connectivity index (χ4v) is 1.65. The first kappa shape index (κ1) is 11.4. The Bertz CT molecular complexity index is 209. The van der Waals surface area contributed by atoms with Gasteiger partial charge in [-0.05, 0) is 13.8 Å². The highest BCUT2D eigenvalue weighted by Crippen LogP contribution is 2.16. The first-order valence-electron chi connectivity index (χ1n) is 4.84. The van der Waals surface area contributed by atoms with Crippen molar-refractivity contribution in [1.29, 1.82) is 0 Å². The van der Waals surface area contributed by atoms with Crippen LogP contribution in [0.25, 0.3) is 0 Å². The molecule has 0 aromatic carbocycles. The molecular formula is C9H17NO4. The van der Waals surface area contributed by atoms with Gasteiger partial charge in [0.2, 0.25) is 0 Å².